The minimum atomic E-state index is -0.184. The third kappa shape index (κ3) is 5.33. The summed E-state index contributed by atoms with van der Waals surface area (Å²) in [6.45, 7) is 1.02. The van der Waals surface area contributed by atoms with Crippen molar-refractivity contribution in [3.63, 3.8) is 0 Å². The maximum atomic E-state index is 12.9. The molecule has 1 amide bonds. The van der Waals surface area contributed by atoms with Crippen LogP contribution in [-0.2, 0) is 20.0 Å². The molecule has 0 radical (unpaired) electrons. The number of rotatable bonds is 8. The lowest BCUT2D eigenvalue weighted by atomic mass is 10.1. The fourth-order valence-electron chi connectivity index (χ4n) is 3.23. The maximum Gasteiger partial charge on any atom is 0.255 e. The van der Waals surface area contributed by atoms with Crippen molar-refractivity contribution in [2.75, 3.05) is 11.9 Å². The van der Waals surface area contributed by atoms with E-state index in [1.165, 1.54) is 0 Å². The number of pyridine rings is 2. The number of carbonyl (C=O) groups is 1. The molecule has 7 heteroatoms. The van der Waals surface area contributed by atoms with Crippen LogP contribution in [0.25, 0.3) is 11.3 Å². The van der Waals surface area contributed by atoms with Gasteiger partial charge in [0.05, 0.1) is 23.3 Å². The van der Waals surface area contributed by atoms with E-state index in [4.69, 9.17) is 4.98 Å². The molecule has 3 heterocycles. The number of nitrogens with zero attached hydrogens (tertiary/aromatic N) is 4. The number of amides is 1. The van der Waals surface area contributed by atoms with Gasteiger partial charge in [0.1, 0.15) is 5.82 Å². The van der Waals surface area contributed by atoms with Crippen LogP contribution in [0.4, 0.5) is 5.82 Å². The van der Waals surface area contributed by atoms with E-state index in [0.29, 0.717) is 24.5 Å². The van der Waals surface area contributed by atoms with E-state index < -0.39 is 0 Å². The molecule has 0 aliphatic heterocycles. The molecule has 0 atom stereocenters. The van der Waals surface area contributed by atoms with E-state index >= 15 is 0 Å². The molecule has 0 saturated carbocycles. The molecule has 4 rings (SSSR count). The highest BCUT2D eigenvalue weighted by Crippen LogP contribution is 2.22. The van der Waals surface area contributed by atoms with E-state index in [2.05, 4.69) is 20.6 Å². The van der Waals surface area contributed by atoms with Gasteiger partial charge in [-0.1, -0.05) is 36.4 Å². The first-order valence-electron chi connectivity index (χ1n) is 10.1. The predicted molar refractivity (Wildman–Crippen MR) is 120 cm³/mol. The fraction of sp³-hybridized carbons (Fsp3) is 0.167. The first-order valence-corrected chi connectivity index (χ1v) is 10.1. The first-order chi connectivity index (χ1) is 15.2. The zero-order valence-electron chi connectivity index (χ0n) is 17.3. The van der Waals surface area contributed by atoms with Crippen LogP contribution in [0, 0.1) is 0 Å². The lowest BCUT2D eigenvalue weighted by Crippen LogP contribution is -2.24. The van der Waals surface area contributed by atoms with Gasteiger partial charge >= 0.3 is 0 Å². The highest BCUT2D eigenvalue weighted by Gasteiger charge is 2.14. The molecular formula is C24H24N6O. The molecular weight excluding hydrogens is 388 g/mol. The SMILES string of the molecule is Cn1cnc(CCNc2nc(-c3ccccc3)ccc2C(=O)NCc2cccnc2)c1. The van der Waals surface area contributed by atoms with Crippen molar-refractivity contribution in [3.8, 4) is 11.3 Å². The molecule has 0 aliphatic rings. The Bertz CT molecular complexity index is 1140. The van der Waals surface area contributed by atoms with Crippen molar-refractivity contribution in [3.05, 3.63) is 96.3 Å². The molecule has 3 aromatic heterocycles. The molecule has 1 aromatic carbocycles. The molecule has 156 valence electrons. The van der Waals surface area contributed by atoms with Crippen LogP contribution in [0.1, 0.15) is 21.6 Å². The van der Waals surface area contributed by atoms with E-state index in [9.17, 15) is 4.79 Å². The third-order valence-electron chi connectivity index (χ3n) is 4.82. The lowest BCUT2D eigenvalue weighted by Gasteiger charge is -2.13. The molecule has 0 bridgehead atoms. The Kier molecular flexibility index (Phi) is 6.32. The molecule has 0 fully saturated rings. The Balaban J connectivity index is 1.52. The Morgan fingerprint density at radius 2 is 1.94 bits per heavy atom. The summed E-state index contributed by atoms with van der Waals surface area (Å²) in [6, 6.07) is 17.4. The molecule has 7 nitrogen and oxygen atoms in total. The smallest absolute Gasteiger partial charge is 0.255 e. The summed E-state index contributed by atoms with van der Waals surface area (Å²) in [5.41, 5.74) is 4.23. The van der Waals surface area contributed by atoms with Crippen LogP contribution >= 0.6 is 0 Å². The molecule has 2 N–H and O–H groups in total. The third-order valence-corrected chi connectivity index (χ3v) is 4.82. The number of hydrogen-bond acceptors (Lipinski definition) is 5. The number of imidazole rings is 1. The summed E-state index contributed by atoms with van der Waals surface area (Å²) < 4.78 is 1.92. The van der Waals surface area contributed by atoms with Crippen LogP contribution < -0.4 is 10.6 Å². The van der Waals surface area contributed by atoms with Crippen LogP contribution in [0.3, 0.4) is 0 Å². The minimum absolute atomic E-state index is 0.184. The molecule has 31 heavy (non-hydrogen) atoms. The van der Waals surface area contributed by atoms with Crippen LogP contribution in [-0.4, -0.2) is 32.0 Å². The Labute approximate surface area is 181 Å². The molecule has 0 saturated heterocycles. The van der Waals surface area contributed by atoms with Gasteiger partial charge in [-0.3, -0.25) is 9.78 Å². The fourth-order valence-corrected chi connectivity index (χ4v) is 3.23. The summed E-state index contributed by atoms with van der Waals surface area (Å²) in [5.74, 6) is 0.372. The van der Waals surface area contributed by atoms with Gasteiger partial charge in [-0.2, -0.15) is 0 Å². The predicted octanol–water partition coefficient (Wildman–Crippen LogP) is 3.46. The van der Waals surface area contributed by atoms with E-state index in [1.807, 2.05) is 72.4 Å². The van der Waals surface area contributed by atoms with Gasteiger partial charge in [-0.25, -0.2) is 9.97 Å². The summed E-state index contributed by atoms with van der Waals surface area (Å²) >= 11 is 0. The number of carbonyl (C=O) groups excluding carboxylic acids is 1. The van der Waals surface area contributed by atoms with E-state index in [-0.39, 0.29) is 5.91 Å². The van der Waals surface area contributed by atoms with Gasteiger partial charge < -0.3 is 15.2 Å². The molecule has 4 aromatic rings. The molecule has 0 aliphatic carbocycles. The maximum absolute atomic E-state index is 12.9. The first kappa shape index (κ1) is 20.3. The van der Waals surface area contributed by atoms with E-state index in [1.54, 1.807) is 18.7 Å². The van der Waals surface area contributed by atoms with Crippen LogP contribution in [0.5, 0.6) is 0 Å². The Morgan fingerprint density at radius 3 is 2.68 bits per heavy atom. The number of nitrogens with one attached hydrogen (secondary N) is 2. The topological polar surface area (TPSA) is 84.7 Å². The van der Waals surface area contributed by atoms with Gasteiger partial charge in [-0.15, -0.1) is 0 Å². The zero-order chi connectivity index (χ0) is 21.5. The van der Waals surface area contributed by atoms with Crippen LogP contribution in [0.2, 0.25) is 0 Å². The average Bonchev–Trinajstić information content (AvgIpc) is 3.23. The highest BCUT2D eigenvalue weighted by atomic mass is 16.1. The Hall–Kier alpha value is -4.00. The van der Waals surface area contributed by atoms with Crippen molar-refractivity contribution in [2.24, 2.45) is 7.05 Å². The van der Waals surface area contributed by atoms with Crippen molar-refractivity contribution in [1.82, 2.24) is 24.8 Å². The zero-order valence-corrected chi connectivity index (χ0v) is 17.3. The second kappa shape index (κ2) is 9.67. The lowest BCUT2D eigenvalue weighted by molar-refractivity contribution is 0.0951. The van der Waals surface area contributed by atoms with Crippen molar-refractivity contribution < 1.29 is 4.79 Å². The monoisotopic (exact) mass is 412 g/mol. The standard InChI is InChI=1S/C24H24N6O/c1-30-16-20(28-17-30)11-13-26-23-21(24(31)27-15-18-6-5-12-25-14-18)9-10-22(29-23)19-7-3-2-4-8-19/h2-10,12,14,16-17H,11,13,15H2,1H3,(H,26,29)(H,27,31). The summed E-state index contributed by atoms with van der Waals surface area (Å²) in [7, 11) is 1.94. The number of benzene rings is 1. The summed E-state index contributed by atoms with van der Waals surface area (Å²) in [6.07, 6.45) is 7.94. The number of hydrogen-bond donors (Lipinski definition) is 2. The second-order valence-electron chi connectivity index (χ2n) is 7.21. The normalized spacial score (nSPS) is 10.6. The summed E-state index contributed by atoms with van der Waals surface area (Å²) in [5, 5.41) is 6.28. The minimum Gasteiger partial charge on any atom is -0.369 e. The van der Waals surface area contributed by atoms with Crippen molar-refractivity contribution >= 4 is 11.7 Å². The summed E-state index contributed by atoms with van der Waals surface area (Å²) in [4.78, 5) is 26.1. The quantitative estimate of drug-likeness (QED) is 0.463. The van der Waals surface area contributed by atoms with Crippen LogP contribution in [0.15, 0.2) is 79.5 Å². The Morgan fingerprint density at radius 1 is 1.06 bits per heavy atom. The van der Waals surface area contributed by atoms with Gasteiger partial charge in [0, 0.05) is 50.7 Å². The van der Waals surface area contributed by atoms with E-state index in [0.717, 1.165) is 28.9 Å². The average molecular weight is 412 g/mol. The number of aromatic nitrogens is 4. The van der Waals surface area contributed by atoms with Gasteiger partial charge in [0.25, 0.3) is 5.91 Å². The van der Waals surface area contributed by atoms with Gasteiger partial charge in [-0.05, 0) is 23.8 Å². The molecule has 0 spiro atoms. The number of anilines is 1. The van der Waals surface area contributed by atoms with Crippen molar-refractivity contribution in [1.29, 1.82) is 0 Å². The largest absolute Gasteiger partial charge is 0.369 e. The highest BCUT2D eigenvalue weighted by molar-refractivity contribution is 5.99. The van der Waals surface area contributed by atoms with Crippen molar-refractivity contribution in [2.45, 2.75) is 13.0 Å². The molecule has 0 unspecified atom stereocenters. The second-order valence-corrected chi connectivity index (χ2v) is 7.21. The van der Waals surface area contributed by atoms with Gasteiger partial charge in [0.15, 0.2) is 0 Å². The van der Waals surface area contributed by atoms with Gasteiger partial charge in [0.2, 0.25) is 0 Å². The number of aryl methyl sites for hydroxylation is 1.